The zero-order valence-electron chi connectivity index (χ0n) is 9.22. The highest BCUT2D eigenvalue weighted by atomic mass is 17.2. The lowest BCUT2D eigenvalue weighted by atomic mass is 9.53. The molecule has 1 aliphatic rings. The second-order valence-electron chi connectivity index (χ2n) is 4.61. The average molecular weight is 186 g/mol. The molecule has 1 fully saturated rings. The van der Waals surface area contributed by atoms with E-state index in [4.69, 9.17) is 14.3 Å². The third kappa shape index (κ3) is 1.90. The van der Waals surface area contributed by atoms with E-state index in [-0.39, 0.29) is 18.0 Å². The molecule has 0 atom stereocenters. The van der Waals surface area contributed by atoms with Gasteiger partial charge >= 0.3 is 7.12 Å². The minimum atomic E-state index is -0.286. The summed E-state index contributed by atoms with van der Waals surface area (Å²) in [5.41, 5.74) is -0.286. The standard InChI is InChI=1S/C9H19BO3/c1-6-7-11-10-8(2,3)9(4,5)12-13-10/h6-7H2,1-5H3. The summed E-state index contributed by atoms with van der Waals surface area (Å²) in [7, 11) is -0.248. The summed E-state index contributed by atoms with van der Waals surface area (Å²) in [6, 6.07) is 0. The quantitative estimate of drug-likeness (QED) is 0.500. The van der Waals surface area contributed by atoms with Gasteiger partial charge in [-0.25, -0.2) is 4.89 Å². The molecule has 0 aromatic heterocycles. The molecular formula is C9H19BO3. The van der Waals surface area contributed by atoms with Gasteiger partial charge < -0.3 is 4.65 Å². The van der Waals surface area contributed by atoms with Crippen LogP contribution in [0.5, 0.6) is 0 Å². The van der Waals surface area contributed by atoms with Crippen molar-refractivity contribution in [2.75, 3.05) is 6.61 Å². The summed E-state index contributed by atoms with van der Waals surface area (Å²) in [4.78, 5) is 10.4. The zero-order chi connectivity index (χ0) is 10.1. The Morgan fingerprint density at radius 2 is 1.85 bits per heavy atom. The molecule has 0 saturated carbocycles. The Bertz CT molecular complexity index is 180. The first-order valence-corrected chi connectivity index (χ1v) is 4.88. The lowest BCUT2D eigenvalue weighted by Crippen LogP contribution is -2.38. The predicted octanol–water partition coefficient (Wildman–Crippen LogP) is 2.42. The van der Waals surface area contributed by atoms with Gasteiger partial charge in [0.05, 0.1) is 0 Å². The maximum Gasteiger partial charge on any atom is 0.499 e. The van der Waals surface area contributed by atoms with Crippen LogP contribution in [-0.4, -0.2) is 19.3 Å². The van der Waals surface area contributed by atoms with E-state index in [0.29, 0.717) is 6.61 Å². The molecule has 0 spiro atoms. The molecule has 0 bridgehead atoms. The Balaban J connectivity index is 2.60. The molecule has 0 unspecified atom stereocenters. The molecule has 76 valence electrons. The summed E-state index contributed by atoms with van der Waals surface area (Å²) in [5, 5.41) is -0.109. The van der Waals surface area contributed by atoms with E-state index in [1.807, 2.05) is 13.8 Å². The van der Waals surface area contributed by atoms with Crippen LogP contribution in [0.1, 0.15) is 41.0 Å². The van der Waals surface area contributed by atoms with E-state index >= 15 is 0 Å². The second-order valence-corrected chi connectivity index (χ2v) is 4.61. The maximum atomic E-state index is 5.56. The highest BCUT2D eigenvalue weighted by molar-refractivity contribution is 6.49. The van der Waals surface area contributed by atoms with E-state index in [9.17, 15) is 0 Å². The lowest BCUT2D eigenvalue weighted by Gasteiger charge is -2.30. The van der Waals surface area contributed by atoms with Crippen molar-refractivity contribution in [3.8, 4) is 0 Å². The molecule has 1 aliphatic heterocycles. The van der Waals surface area contributed by atoms with Gasteiger partial charge in [-0.05, 0) is 20.3 Å². The topological polar surface area (TPSA) is 27.7 Å². The van der Waals surface area contributed by atoms with E-state index < -0.39 is 0 Å². The molecular weight excluding hydrogens is 167 g/mol. The van der Waals surface area contributed by atoms with Crippen LogP contribution in [-0.2, 0) is 14.3 Å². The van der Waals surface area contributed by atoms with Crippen LogP contribution in [0.25, 0.3) is 0 Å². The van der Waals surface area contributed by atoms with Crippen LogP contribution in [0.15, 0.2) is 0 Å². The van der Waals surface area contributed by atoms with Crippen molar-refractivity contribution < 1.29 is 14.3 Å². The Hall–Kier alpha value is -0.0551. The van der Waals surface area contributed by atoms with Crippen LogP contribution >= 0.6 is 0 Å². The zero-order valence-corrected chi connectivity index (χ0v) is 9.22. The highest BCUT2D eigenvalue weighted by Gasteiger charge is 2.57. The fraction of sp³-hybridized carbons (Fsp3) is 1.00. The molecule has 0 N–H and O–H groups in total. The minimum Gasteiger partial charge on any atom is -0.409 e. The van der Waals surface area contributed by atoms with Crippen LogP contribution in [0.3, 0.4) is 0 Å². The number of hydrogen-bond acceptors (Lipinski definition) is 3. The molecule has 0 aliphatic carbocycles. The second kappa shape index (κ2) is 3.60. The van der Waals surface area contributed by atoms with Crippen molar-refractivity contribution in [3.63, 3.8) is 0 Å². The van der Waals surface area contributed by atoms with Crippen LogP contribution in [0.4, 0.5) is 0 Å². The van der Waals surface area contributed by atoms with Crippen molar-refractivity contribution in [3.05, 3.63) is 0 Å². The van der Waals surface area contributed by atoms with Gasteiger partial charge in [-0.15, -0.1) is 0 Å². The molecule has 1 saturated heterocycles. The highest BCUT2D eigenvalue weighted by Crippen LogP contribution is 2.49. The summed E-state index contributed by atoms with van der Waals surface area (Å²) in [6.45, 7) is 11.0. The van der Waals surface area contributed by atoms with Gasteiger partial charge in [0.15, 0.2) is 0 Å². The van der Waals surface area contributed by atoms with E-state index in [0.717, 1.165) is 6.42 Å². The van der Waals surface area contributed by atoms with Crippen molar-refractivity contribution in [2.24, 2.45) is 0 Å². The smallest absolute Gasteiger partial charge is 0.409 e. The van der Waals surface area contributed by atoms with Crippen molar-refractivity contribution in [1.82, 2.24) is 0 Å². The van der Waals surface area contributed by atoms with Gasteiger partial charge in [0.2, 0.25) is 0 Å². The monoisotopic (exact) mass is 186 g/mol. The van der Waals surface area contributed by atoms with Crippen LogP contribution < -0.4 is 0 Å². The first-order valence-electron chi connectivity index (χ1n) is 4.88. The van der Waals surface area contributed by atoms with Crippen LogP contribution in [0, 0.1) is 0 Å². The molecule has 0 amide bonds. The van der Waals surface area contributed by atoms with Gasteiger partial charge in [-0.1, -0.05) is 20.8 Å². The van der Waals surface area contributed by atoms with Gasteiger partial charge in [-0.2, -0.15) is 0 Å². The van der Waals surface area contributed by atoms with E-state index in [2.05, 4.69) is 20.8 Å². The molecule has 0 aromatic carbocycles. The summed E-state index contributed by atoms with van der Waals surface area (Å²) >= 11 is 0. The van der Waals surface area contributed by atoms with Crippen molar-refractivity contribution in [2.45, 2.75) is 52.0 Å². The molecule has 0 radical (unpaired) electrons. The molecule has 1 rings (SSSR count). The predicted molar refractivity (Wildman–Crippen MR) is 52.3 cm³/mol. The Morgan fingerprint density at radius 3 is 2.23 bits per heavy atom. The molecule has 3 nitrogen and oxygen atoms in total. The Morgan fingerprint density at radius 1 is 1.23 bits per heavy atom. The normalized spacial score (nSPS) is 25.2. The maximum absolute atomic E-state index is 5.56. The van der Waals surface area contributed by atoms with Crippen molar-refractivity contribution in [1.29, 1.82) is 0 Å². The summed E-state index contributed by atoms with van der Waals surface area (Å²) < 4.78 is 5.56. The van der Waals surface area contributed by atoms with Gasteiger partial charge in [0.1, 0.15) is 5.60 Å². The third-order valence-corrected chi connectivity index (χ3v) is 2.96. The fourth-order valence-corrected chi connectivity index (χ4v) is 1.14. The number of rotatable bonds is 3. The minimum absolute atomic E-state index is 0.109. The average Bonchev–Trinajstić information content (AvgIpc) is 2.21. The third-order valence-electron chi connectivity index (χ3n) is 2.96. The van der Waals surface area contributed by atoms with Crippen molar-refractivity contribution >= 4 is 7.12 Å². The van der Waals surface area contributed by atoms with Gasteiger partial charge in [0.25, 0.3) is 0 Å². The summed E-state index contributed by atoms with van der Waals surface area (Å²) in [6.07, 6.45) is 0.996. The summed E-state index contributed by atoms with van der Waals surface area (Å²) in [5.74, 6) is 0. The fourth-order valence-electron chi connectivity index (χ4n) is 1.14. The van der Waals surface area contributed by atoms with E-state index in [1.54, 1.807) is 0 Å². The largest absolute Gasteiger partial charge is 0.499 e. The van der Waals surface area contributed by atoms with Crippen LogP contribution in [0.2, 0.25) is 5.31 Å². The Kier molecular flexibility index (Phi) is 3.05. The molecule has 1 heterocycles. The molecule has 13 heavy (non-hydrogen) atoms. The van der Waals surface area contributed by atoms with E-state index in [1.165, 1.54) is 0 Å². The first-order chi connectivity index (χ1) is 5.92. The molecule has 4 heteroatoms. The first kappa shape index (κ1) is 11.0. The molecule has 0 aromatic rings. The SMILES string of the molecule is CCCOB1OOC(C)(C)C1(C)C. The van der Waals surface area contributed by atoms with Gasteiger partial charge in [0, 0.05) is 11.9 Å². The number of hydrogen-bond donors (Lipinski definition) is 0. The van der Waals surface area contributed by atoms with Gasteiger partial charge in [-0.3, -0.25) is 4.81 Å². The lowest BCUT2D eigenvalue weighted by molar-refractivity contribution is -0.267. The Labute approximate surface area is 80.8 Å².